The zero-order chi connectivity index (χ0) is 21.8. The summed E-state index contributed by atoms with van der Waals surface area (Å²) in [6, 6.07) is 18.1. The minimum atomic E-state index is -0.778. The SMILES string of the molecule is CC(Oc1ccc(F)cc1)C(=O)Nc1ccc(-c2nc(-c3ccc(F)cc3)no2)cc1. The van der Waals surface area contributed by atoms with E-state index in [1.54, 1.807) is 43.3 Å². The van der Waals surface area contributed by atoms with Gasteiger partial charge in [0.15, 0.2) is 6.10 Å². The molecule has 31 heavy (non-hydrogen) atoms. The summed E-state index contributed by atoms with van der Waals surface area (Å²) in [6.07, 6.45) is -0.778. The molecule has 6 nitrogen and oxygen atoms in total. The highest BCUT2D eigenvalue weighted by atomic mass is 19.1. The quantitative estimate of drug-likeness (QED) is 0.469. The lowest BCUT2D eigenvalue weighted by molar-refractivity contribution is -0.122. The number of halogens is 2. The number of aromatic nitrogens is 2. The third-order valence-corrected chi connectivity index (χ3v) is 4.42. The summed E-state index contributed by atoms with van der Waals surface area (Å²) in [5.74, 6) is -0.0383. The second-order valence-electron chi connectivity index (χ2n) is 6.71. The molecule has 156 valence electrons. The summed E-state index contributed by atoms with van der Waals surface area (Å²) < 4.78 is 36.8. The van der Waals surface area contributed by atoms with Gasteiger partial charge in [0.1, 0.15) is 17.4 Å². The standard InChI is InChI=1S/C23H17F2N3O3/c1-14(30-20-12-8-18(25)9-13-20)22(29)26-19-10-4-16(5-11-19)23-27-21(28-31-23)15-2-6-17(24)7-3-15/h2-14H,1H3,(H,26,29). The molecule has 1 aromatic heterocycles. The van der Waals surface area contributed by atoms with E-state index in [2.05, 4.69) is 15.5 Å². The molecule has 0 bridgehead atoms. The van der Waals surface area contributed by atoms with Crippen molar-refractivity contribution in [1.29, 1.82) is 0 Å². The highest BCUT2D eigenvalue weighted by molar-refractivity contribution is 5.94. The highest BCUT2D eigenvalue weighted by Gasteiger charge is 2.16. The first kappa shape index (κ1) is 20.2. The second kappa shape index (κ2) is 8.74. The largest absolute Gasteiger partial charge is 0.481 e. The summed E-state index contributed by atoms with van der Waals surface area (Å²) in [7, 11) is 0. The van der Waals surface area contributed by atoms with Gasteiger partial charge in [0.05, 0.1) is 0 Å². The van der Waals surface area contributed by atoms with Gasteiger partial charge in [-0.1, -0.05) is 5.16 Å². The molecule has 0 aliphatic carbocycles. The topological polar surface area (TPSA) is 77.2 Å². The predicted molar refractivity (Wildman–Crippen MR) is 110 cm³/mol. The van der Waals surface area contributed by atoms with E-state index in [0.717, 1.165) is 0 Å². The number of rotatable bonds is 6. The van der Waals surface area contributed by atoms with Crippen molar-refractivity contribution in [3.63, 3.8) is 0 Å². The number of ether oxygens (including phenoxy) is 1. The number of nitrogens with one attached hydrogen (secondary N) is 1. The molecule has 8 heteroatoms. The van der Waals surface area contributed by atoms with Crippen LogP contribution in [0.2, 0.25) is 0 Å². The Morgan fingerprint density at radius 3 is 2.13 bits per heavy atom. The molecule has 4 aromatic rings. The Kier molecular flexibility index (Phi) is 5.70. The molecule has 1 amide bonds. The molecular formula is C23H17F2N3O3. The van der Waals surface area contributed by atoms with Crippen molar-refractivity contribution in [2.45, 2.75) is 13.0 Å². The van der Waals surface area contributed by atoms with Crippen molar-refractivity contribution in [2.24, 2.45) is 0 Å². The molecule has 0 spiro atoms. The van der Waals surface area contributed by atoms with Crippen LogP contribution in [0.3, 0.4) is 0 Å². The van der Waals surface area contributed by atoms with Crippen molar-refractivity contribution < 1.29 is 22.8 Å². The van der Waals surface area contributed by atoms with Crippen molar-refractivity contribution in [3.05, 3.63) is 84.4 Å². The average Bonchev–Trinajstić information content (AvgIpc) is 3.26. The monoisotopic (exact) mass is 421 g/mol. The number of carbonyl (C=O) groups is 1. The van der Waals surface area contributed by atoms with Gasteiger partial charge < -0.3 is 14.6 Å². The fourth-order valence-corrected chi connectivity index (χ4v) is 2.77. The van der Waals surface area contributed by atoms with E-state index in [-0.39, 0.29) is 17.5 Å². The number of benzene rings is 3. The molecule has 3 aromatic carbocycles. The van der Waals surface area contributed by atoms with E-state index in [9.17, 15) is 13.6 Å². The summed E-state index contributed by atoms with van der Waals surface area (Å²) in [4.78, 5) is 16.7. The van der Waals surface area contributed by atoms with Gasteiger partial charge in [-0.05, 0) is 79.7 Å². The number of hydrogen-bond donors (Lipinski definition) is 1. The van der Waals surface area contributed by atoms with Gasteiger partial charge in [-0.3, -0.25) is 4.79 Å². The Morgan fingerprint density at radius 2 is 1.48 bits per heavy atom. The predicted octanol–water partition coefficient (Wildman–Crippen LogP) is 5.09. The van der Waals surface area contributed by atoms with Crippen LogP contribution in [0, 0.1) is 11.6 Å². The molecule has 0 aliphatic rings. The van der Waals surface area contributed by atoms with Crippen LogP contribution >= 0.6 is 0 Å². The summed E-state index contributed by atoms with van der Waals surface area (Å²) in [5.41, 5.74) is 1.85. The van der Waals surface area contributed by atoms with Crippen molar-refractivity contribution in [2.75, 3.05) is 5.32 Å². The fraction of sp³-hybridized carbons (Fsp3) is 0.0870. The Labute approximate surface area is 176 Å². The molecule has 0 radical (unpaired) electrons. The van der Waals surface area contributed by atoms with Gasteiger partial charge in [-0.15, -0.1) is 0 Å². The van der Waals surface area contributed by atoms with Crippen LogP contribution in [0.1, 0.15) is 6.92 Å². The Balaban J connectivity index is 1.39. The third-order valence-electron chi connectivity index (χ3n) is 4.42. The zero-order valence-corrected chi connectivity index (χ0v) is 16.4. The third kappa shape index (κ3) is 4.92. The van der Waals surface area contributed by atoms with Gasteiger partial charge in [0, 0.05) is 16.8 Å². The van der Waals surface area contributed by atoms with Crippen LogP contribution in [0.15, 0.2) is 77.3 Å². The van der Waals surface area contributed by atoms with Crippen LogP contribution in [-0.4, -0.2) is 22.2 Å². The van der Waals surface area contributed by atoms with E-state index in [1.165, 1.54) is 36.4 Å². The lowest BCUT2D eigenvalue weighted by atomic mass is 10.2. The van der Waals surface area contributed by atoms with Gasteiger partial charge in [-0.25, -0.2) is 8.78 Å². The molecule has 0 fully saturated rings. The van der Waals surface area contributed by atoms with Gasteiger partial charge in [0.2, 0.25) is 5.82 Å². The first-order valence-electron chi connectivity index (χ1n) is 9.41. The molecule has 4 rings (SSSR count). The number of carbonyl (C=O) groups excluding carboxylic acids is 1. The minimum absolute atomic E-state index is 0.296. The smallest absolute Gasteiger partial charge is 0.265 e. The maximum absolute atomic E-state index is 13.1. The van der Waals surface area contributed by atoms with Crippen LogP contribution in [-0.2, 0) is 4.79 Å². The van der Waals surface area contributed by atoms with Gasteiger partial charge in [0.25, 0.3) is 11.8 Å². The van der Waals surface area contributed by atoms with Crippen molar-refractivity contribution in [1.82, 2.24) is 10.1 Å². The van der Waals surface area contributed by atoms with Crippen LogP contribution in [0.25, 0.3) is 22.8 Å². The summed E-state index contributed by atoms with van der Waals surface area (Å²) in [6.45, 7) is 1.60. The molecular weight excluding hydrogens is 404 g/mol. The second-order valence-corrected chi connectivity index (χ2v) is 6.71. The average molecular weight is 421 g/mol. The van der Waals surface area contributed by atoms with Gasteiger partial charge in [-0.2, -0.15) is 4.98 Å². The molecule has 1 N–H and O–H groups in total. The first-order valence-corrected chi connectivity index (χ1v) is 9.41. The summed E-state index contributed by atoms with van der Waals surface area (Å²) >= 11 is 0. The van der Waals surface area contributed by atoms with E-state index in [4.69, 9.17) is 9.26 Å². The summed E-state index contributed by atoms with van der Waals surface area (Å²) in [5, 5.41) is 6.66. The molecule has 1 unspecified atom stereocenters. The first-order chi connectivity index (χ1) is 15.0. The Bertz CT molecular complexity index is 1170. The fourth-order valence-electron chi connectivity index (χ4n) is 2.77. The number of nitrogens with zero attached hydrogens (tertiary/aromatic N) is 2. The minimum Gasteiger partial charge on any atom is -0.481 e. The van der Waals surface area contributed by atoms with Crippen LogP contribution in [0.5, 0.6) is 5.75 Å². The molecule has 0 aliphatic heterocycles. The van der Waals surface area contributed by atoms with Crippen LogP contribution in [0.4, 0.5) is 14.5 Å². The zero-order valence-electron chi connectivity index (χ0n) is 16.4. The van der Waals surface area contributed by atoms with E-state index in [0.29, 0.717) is 34.3 Å². The Morgan fingerprint density at radius 1 is 0.903 bits per heavy atom. The van der Waals surface area contributed by atoms with Gasteiger partial charge >= 0.3 is 0 Å². The number of hydrogen-bond acceptors (Lipinski definition) is 5. The van der Waals surface area contributed by atoms with E-state index < -0.39 is 6.10 Å². The molecule has 1 heterocycles. The molecule has 1 atom stereocenters. The van der Waals surface area contributed by atoms with Crippen molar-refractivity contribution >= 4 is 11.6 Å². The lowest BCUT2D eigenvalue weighted by Crippen LogP contribution is -2.30. The normalized spacial score (nSPS) is 11.7. The Hall–Kier alpha value is -4.07. The maximum atomic E-state index is 13.1. The highest BCUT2D eigenvalue weighted by Crippen LogP contribution is 2.24. The number of anilines is 1. The molecule has 0 saturated heterocycles. The lowest BCUT2D eigenvalue weighted by Gasteiger charge is -2.14. The van der Waals surface area contributed by atoms with Crippen LogP contribution < -0.4 is 10.1 Å². The van der Waals surface area contributed by atoms with E-state index >= 15 is 0 Å². The molecule has 0 saturated carbocycles. The van der Waals surface area contributed by atoms with Crippen molar-refractivity contribution in [3.8, 4) is 28.6 Å². The van der Waals surface area contributed by atoms with E-state index in [1.807, 2.05) is 0 Å². The maximum Gasteiger partial charge on any atom is 0.265 e. The number of amides is 1.